The van der Waals surface area contributed by atoms with E-state index in [4.69, 9.17) is 21.1 Å². The molecule has 2 heterocycles. The third-order valence-corrected chi connectivity index (χ3v) is 4.32. The van der Waals surface area contributed by atoms with Crippen molar-refractivity contribution in [1.82, 2.24) is 9.88 Å². The number of morpholine rings is 1. The highest BCUT2D eigenvalue weighted by Gasteiger charge is 2.09. The number of carbonyl (C=O) groups excluding carboxylic acids is 1. The molecule has 8 heteroatoms. The van der Waals surface area contributed by atoms with Gasteiger partial charge in [0.1, 0.15) is 11.6 Å². The largest absolute Gasteiger partial charge is 0.484 e. The van der Waals surface area contributed by atoms with E-state index in [9.17, 15) is 4.79 Å². The standard InChI is InChI=1S/C19H23ClN4O3/c20-15-1-4-17(5-2-15)27-14-19(25)23-16-3-6-18(22-13-16)21-7-8-24-9-11-26-12-10-24/h1-6,13H,7-12,14H2,(H,21,22)(H,23,25). The van der Waals surface area contributed by atoms with Crippen LogP contribution in [0.5, 0.6) is 5.75 Å². The molecular formula is C19H23ClN4O3. The molecule has 3 rings (SSSR count). The Balaban J connectivity index is 1.37. The number of hydrogen-bond donors (Lipinski definition) is 2. The molecule has 1 aromatic heterocycles. The molecule has 1 aliphatic rings. The molecule has 2 N–H and O–H groups in total. The van der Waals surface area contributed by atoms with Gasteiger partial charge in [-0.2, -0.15) is 0 Å². The van der Waals surface area contributed by atoms with Gasteiger partial charge in [0.15, 0.2) is 6.61 Å². The molecule has 1 aromatic carbocycles. The maximum Gasteiger partial charge on any atom is 0.262 e. The van der Waals surface area contributed by atoms with Gasteiger partial charge in [0.2, 0.25) is 0 Å². The van der Waals surface area contributed by atoms with E-state index in [0.29, 0.717) is 16.5 Å². The van der Waals surface area contributed by atoms with Gasteiger partial charge in [-0.3, -0.25) is 9.69 Å². The SMILES string of the molecule is O=C(COc1ccc(Cl)cc1)Nc1ccc(NCCN2CCOCC2)nc1. The van der Waals surface area contributed by atoms with E-state index >= 15 is 0 Å². The second kappa shape index (κ2) is 10.1. The zero-order valence-electron chi connectivity index (χ0n) is 15.0. The third kappa shape index (κ3) is 6.71. The van der Waals surface area contributed by atoms with Crippen LogP contribution in [0.1, 0.15) is 0 Å². The van der Waals surface area contributed by atoms with Crippen LogP contribution in [0, 0.1) is 0 Å². The summed E-state index contributed by atoms with van der Waals surface area (Å²) in [5, 5.41) is 6.66. The lowest BCUT2D eigenvalue weighted by Crippen LogP contribution is -2.39. The average Bonchev–Trinajstić information content (AvgIpc) is 2.70. The van der Waals surface area contributed by atoms with Crippen molar-refractivity contribution in [3.8, 4) is 5.75 Å². The van der Waals surface area contributed by atoms with E-state index in [0.717, 1.165) is 45.2 Å². The first-order valence-corrected chi connectivity index (χ1v) is 9.25. The van der Waals surface area contributed by atoms with Crippen molar-refractivity contribution in [2.45, 2.75) is 0 Å². The van der Waals surface area contributed by atoms with Gasteiger partial charge in [-0.25, -0.2) is 4.98 Å². The first kappa shape index (κ1) is 19.4. The molecule has 0 atom stereocenters. The van der Waals surface area contributed by atoms with Crippen LogP contribution < -0.4 is 15.4 Å². The number of anilines is 2. The Hall–Kier alpha value is -2.35. The molecule has 0 saturated carbocycles. The maximum atomic E-state index is 12.0. The summed E-state index contributed by atoms with van der Waals surface area (Å²) < 4.78 is 10.7. The lowest BCUT2D eigenvalue weighted by Gasteiger charge is -2.26. The minimum absolute atomic E-state index is 0.0822. The van der Waals surface area contributed by atoms with Crippen LogP contribution in [0.3, 0.4) is 0 Å². The Bertz CT molecular complexity index is 719. The van der Waals surface area contributed by atoms with E-state index in [1.54, 1.807) is 30.5 Å². The molecule has 0 unspecified atom stereocenters. The van der Waals surface area contributed by atoms with Gasteiger partial charge in [-0.05, 0) is 36.4 Å². The molecule has 0 radical (unpaired) electrons. The van der Waals surface area contributed by atoms with E-state index in [2.05, 4.69) is 20.5 Å². The Morgan fingerprint density at radius 3 is 2.67 bits per heavy atom. The molecule has 0 aliphatic carbocycles. The van der Waals surface area contributed by atoms with Crippen molar-refractivity contribution in [2.75, 3.05) is 56.6 Å². The zero-order chi connectivity index (χ0) is 18.9. The maximum absolute atomic E-state index is 12.0. The predicted octanol–water partition coefficient (Wildman–Crippen LogP) is 2.50. The van der Waals surface area contributed by atoms with Crippen LogP contribution in [0.25, 0.3) is 0 Å². The highest BCUT2D eigenvalue weighted by molar-refractivity contribution is 6.30. The van der Waals surface area contributed by atoms with Crippen molar-refractivity contribution >= 4 is 29.0 Å². The highest BCUT2D eigenvalue weighted by Crippen LogP contribution is 2.15. The minimum atomic E-state index is -0.250. The van der Waals surface area contributed by atoms with Crippen molar-refractivity contribution in [3.63, 3.8) is 0 Å². The van der Waals surface area contributed by atoms with Gasteiger partial charge in [0.05, 0.1) is 25.1 Å². The molecule has 27 heavy (non-hydrogen) atoms. The van der Waals surface area contributed by atoms with Gasteiger partial charge < -0.3 is 20.1 Å². The lowest BCUT2D eigenvalue weighted by atomic mass is 10.3. The number of ether oxygens (including phenoxy) is 2. The molecule has 0 bridgehead atoms. The number of rotatable bonds is 8. The van der Waals surface area contributed by atoms with Gasteiger partial charge >= 0.3 is 0 Å². The van der Waals surface area contributed by atoms with Crippen molar-refractivity contribution in [3.05, 3.63) is 47.6 Å². The number of nitrogens with zero attached hydrogens (tertiary/aromatic N) is 2. The summed E-state index contributed by atoms with van der Waals surface area (Å²) in [6.07, 6.45) is 1.62. The number of pyridine rings is 1. The van der Waals surface area contributed by atoms with E-state index in [1.807, 2.05) is 12.1 Å². The Morgan fingerprint density at radius 1 is 1.19 bits per heavy atom. The summed E-state index contributed by atoms with van der Waals surface area (Å²) in [7, 11) is 0. The number of aromatic nitrogens is 1. The van der Waals surface area contributed by atoms with Crippen molar-refractivity contribution in [2.24, 2.45) is 0 Å². The quantitative estimate of drug-likeness (QED) is 0.721. The molecule has 1 fully saturated rings. The molecule has 2 aromatic rings. The Labute approximate surface area is 163 Å². The van der Waals surface area contributed by atoms with Crippen LogP contribution in [0.2, 0.25) is 5.02 Å². The van der Waals surface area contributed by atoms with Crippen LogP contribution >= 0.6 is 11.6 Å². The number of hydrogen-bond acceptors (Lipinski definition) is 6. The summed E-state index contributed by atoms with van der Waals surface area (Å²) in [5.41, 5.74) is 0.624. The lowest BCUT2D eigenvalue weighted by molar-refractivity contribution is -0.118. The molecule has 1 amide bonds. The first-order valence-electron chi connectivity index (χ1n) is 8.87. The monoisotopic (exact) mass is 390 g/mol. The smallest absolute Gasteiger partial charge is 0.262 e. The summed E-state index contributed by atoms with van der Waals surface area (Å²) in [4.78, 5) is 18.6. The van der Waals surface area contributed by atoms with Crippen LogP contribution in [-0.4, -0.2) is 61.8 Å². The van der Waals surface area contributed by atoms with Crippen LogP contribution in [0.15, 0.2) is 42.6 Å². The number of amides is 1. The topological polar surface area (TPSA) is 75.7 Å². The van der Waals surface area contributed by atoms with E-state index < -0.39 is 0 Å². The van der Waals surface area contributed by atoms with Gasteiger partial charge in [-0.15, -0.1) is 0 Å². The molecule has 1 aliphatic heterocycles. The normalized spacial score (nSPS) is 14.6. The van der Waals surface area contributed by atoms with Crippen LogP contribution in [-0.2, 0) is 9.53 Å². The molecule has 0 spiro atoms. The zero-order valence-corrected chi connectivity index (χ0v) is 15.7. The number of carbonyl (C=O) groups is 1. The fraction of sp³-hybridized carbons (Fsp3) is 0.368. The predicted molar refractivity (Wildman–Crippen MR) is 106 cm³/mol. The van der Waals surface area contributed by atoms with Crippen LogP contribution in [0.4, 0.5) is 11.5 Å². The Kier molecular flexibility index (Phi) is 7.27. The fourth-order valence-corrected chi connectivity index (χ4v) is 2.74. The second-order valence-corrected chi connectivity index (χ2v) is 6.54. The number of nitrogens with one attached hydrogen (secondary N) is 2. The van der Waals surface area contributed by atoms with Gasteiger partial charge in [0, 0.05) is 31.2 Å². The summed E-state index contributed by atoms with van der Waals surface area (Å²) in [5.74, 6) is 1.12. The second-order valence-electron chi connectivity index (χ2n) is 6.10. The van der Waals surface area contributed by atoms with Crippen molar-refractivity contribution < 1.29 is 14.3 Å². The summed E-state index contributed by atoms with van der Waals surface area (Å²) >= 11 is 5.81. The van der Waals surface area contributed by atoms with E-state index in [-0.39, 0.29) is 12.5 Å². The van der Waals surface area contributed by atoms with Crippen molar-refractivity contribution in [1.29, 1.82) is 0 Å². The van der Waals surface area contributed by atoms with E-state index in [1.165, 1.54) is 0 Å². The molecule has 1 saturated heterocycles. The average molecular weight is 391 g/mol. The molecule has 144 valence electrons. The number of benzene rings is 1. The summed E-state index contributed by atoms with van der Waals surface area (Å²) in [6.45, 7) is 5.22. The third-order valence-electron chi connectivity index (χ3n) is 4.07. The minimum Gasteiger partial charge on any atom is -0.484 e. The van der Waals surface area contributed by atoms with Gasteiger partial charge in [0.25, 0.3) is 5.91 Å². The van der Waals surface area contributed by atoms with Gasteiger partial charge in [-0.1, -0.05) is 11.6 Å². The summed E-state index contributed by atoms with van der Waals surface area (Å²) in [6, 6.07) is 10.5. The highest BCUT2D eigenvalue weighted by atomic mass is 35.5. The molecule has 7 nitrogen and oxygen atoms in total. The fourth-order valence-electron chi connectivity index (χ4n) is 2.62. The number of halogens is 1. The Morgan fingerprint density at radius 2 is 1.96 bits per heavy atom. The molecular weight excluding hydrogens is 368 g/mol. The first-order chi connectivity index (χ1) is 13.2.